The van der Waals surface area contributed by atoms with E-state index in [-0.39, 0.29) is 5.75 Å². The molecule has 1 fully saturated rings. The standard InChI is InChI=1S/C9H16N2O3S/c1-2-5-11-6-3-4-9(11,8(12)13)7-15-10-14/h2-7H2,1H3,(H,12,13)/t9-/m1/s1. The minimum atomic E-state index is -0.866. The van der Waals surface area contributed by atoms with Gasteiger partial charge < -0.3 is 5.11 Å². The molecule has 0 aromatic carbocycles. The van der Waals surface area contributed by atoms with Gasteiger partial charge in [0.25, 0.3) is 0 Å². The van der Waals surface area contributed by atoms with Gasteiger partial charge in [0, 0.05) is 22.3 Å². The fraction of sp³-hybridized carbons (Fsp3) is 0.889. The highest BCUT2D eigenvalue weighted by Crippen LogP contribution is 2.33. The molecular weight excluding hydrogens is 216 g/mol. The Hall–Kier alpha value is -0.620. The number of hydrogen-bond acceptors (Lipinski definition) is 5. The smallest absolute Gasteiger partial charge is 0.325 e. The van der Waals surface area contributed by atoms with Gasteiger partial charge in [0.15, 0.2) is 0 Å². The molecule has 6 heteroatoms. The number of nitroso groups, excluding NO2 is 1. The van der Waals surface area contributed by atoms with Crippen molar-refractivity contribution >= 4 is 17.9 Å². The van der Waals surface area contributed by atoms with Gasteiger partial charge in [-0.1, -0.05) is 6.92 Å². The van der Waals surface area contributed by atoms with Gasteiger partial charge in [-0.3, -0.25) is 9.69 Å². The summed E-state index contributed by atoms with van der Waals surface area (Å²) in [5, 5.41) is 9.29. The Balaban J connectivity index is 2.77. The largest absolute Gasteiger partial charge is 0.480 e. The van der Waals surface area contributed by atoms with Crippen molar-refractivity contribution in [2.75, 3.05) is 18.8 Å². The minimum Gasteiger partial charge on any atom is -0.480 e. The van der Waals surface area contributed by atoms with Gasteiger partial charge in [-0.05, 0) is 32.4 Å². The van der Waals surface area contributed by atoms with E-state index in [0.717, 1.165) is 37.9 Å². The number of carboxylic acid groups (broad SMARTS) is 1. The number of aliphatic carboxylic acids is 1. The summed E-state index contributed by atoms with van der Waals surface area (Å²) in [6.07, 6.45) is 2.42. The van der Waals surface area contributed by atoms with Crippen molar-refractivity contribution in [2.24, 2.45) is 4.58 Å². The molecule has 5 nitrogen and oxygen atoms in total. The van der Waals surface area contributed by atoms with E-state index in [0.29, 0.717) is 6.42 Å². The first-order valence-corrected chi connectivity index (χ1v) is 6.04. The van der Waals surface area contributed by atoms with Crippen LogP contribution in [0.15, 0.2) is 4.58 Å². The highest BCUT2D eigenvalue weighted by Gasteiger charge is 2.47. The Morgan fingerprint density at radius 2 is 2.40 bits per heavy atom. The number of carbonyl (C=O) groups is 1. The molecule has 1 aliphatic rings. The fourth-order valence-corrected chi connectivity index (χ4v) is 2.85. The maximum atomic E-state index is 11.3. The summed E-state index contributed by atoms with van der Waals surface area (Å²) in [6.45, 7) is 3.60. The Kier molecular flexibility index (Phi) is 4.53. The van der Waals surface area contributed by atoms with E-state index in [9.17, 15) is 14.8 Å². The van der Waals surface area contributed by atoms with E-state index >= 15 is 0 Å². The average Bonchev–Trinajstić information content (AvgIpc) is 2.60. The fourth-order valence-electron chi connectivity index (χ4n) is 2.13. The first-order chi connectivity index (χ1) is 7.17. The molecule has 1 heterocycles. The number of hydrogen-bond donors (Lipinski definition) is 1. The van der Waals surface area contributed by atoms with Crippen LogP contribution >= 0.6 is 11.9 Å². The quantitative estimate of drug-likeness (QED) is 0.558. The molecule has 1 atom stereocenters. The molecule has 0 aliphatic carbocycles. The molecule has 1 aliphatic heterocycles. The second-order valence-electron chi connectivity index (χ2n) is 3.78. The van der Waals surface area contributed by atoms with Crippen LogP contribution in [0.2, 0.25) is 0 Å². The summed E-state index contributed by atoms with van der Waals surface area (Å²) in [5.41, 5.74) is -0.866. The molecule has 1 rings (SSSR count). The van der Waals surface area contributed by atoms with Gasteiger partial charge >= 0.3 is 5.97 Å². The first kappa shape index (κ1) is 12.4. The van der Waals surface area contributed by atoms with Gasteiger partial charge in [-0.15, -0.1) is 4.91 Å². The predicted octanol–water partition coefficient (Wildman–Crippen LogP) is 1.73. The van der Waals surface area contributed by atoms with E-state index < -0.39 is 11.5 Å². The summed E-state index contributed by atoms with van der Waals surface area (Å²) in [5.74, 6) is -0.573. The molecule has 0 bridgehead atoms. The molecule has 0 spiro atoms. The maximum Gasteiger partial charge on any atom is 0.325 e. The van der Waals surface area contributed by atoms with Crippen LogP contribution in [0.25, 0.3) is 0 Å². The molecular formula is C9H16N2O3S. The zero-order valence-corrected chi connectivity index (χ0v) is 9.63. The maximum absolute atomic E-state index is 11.3. The number of carboxylic acids is 1. The first-order valence-electron chi connectivity index (χ1n) is 5.10. The van der Waals surface area contributed by atoms with Gasteiger partial charge in [-0.2, -0.15) is 0 Å². The molecule has 15 heavy (non-hydrogen) atoms. The van der Waals surface area contributed by atoms with E-state index in [1.807, 2.05) is 11.8 Å². The summed E-state index contributed by atoms with van der Waals surface area (Å²) in [6, 6.07) is 0. The SMILES string of the molecule is CCCN1CCC[C@@]1(CSN=O)C(=O)O. The minimum absolute atomic E-state index is 0.256. The van der Waals surface area contributed by atoms with Crippen LogP contribution in [0.5, 0.6) is 0 Å². The Morgan fingerprint density at radius 3 is 2.93 bits per heavy atom. The van der Waals surface area contributed by atoms with Crippen molar-refractivity contribution in [3.8, 4) is 0 Å². The molecule has 0 unspecified atom stereocenters. The lowest BCUT2D eigenvalue weighted by atomic mass is 9.99. The second-order valence-corrected chi connectivity index (χ2v) is 4.47. The van der Waals surface area contributed by atoms with Crippen LogP contribution in [0.4, 0.5) is 0 Å². The summed E-state index contributed by atoms with van der Waals surface area (Å²) < 4.78 is 2.70. The highest BCUT2D eigenvalue weighted by atomic mass is 32.2. The van der Waals surface area contributed by atoms with Crippen molar-refractivity contribution in [2.45, 2.75) is 31.7 Å². The third-order valence-electron chi connectivity index (χ3n) is 2.87. The number of likely N-dealkylation sites (tertiary alicyclic amines) is 1. The van der Waals surface area contributed by atoms with E-state index in [1.54, 1.807) is 0 Å². The van der Waals surface area contributed by atoms with E-state index in [4.69, 9.17) is 0 Å². The van der Waals surface area contributed by atoms with Crippen LogP contribution in [-0.2, 0) is 4.79 Å². The highest BCUT2D eigenvalue weighted by molar-refractivity contribution is 7.98. The molecule has 86 valence electrons. The zero-order chi connectivity index (χ0) is 11.3. The average molecular weight is 232 g/mol. The van der Waals surface area contributed by atoms with Gasteiger partial charge in [-0.25, -0.2) is 0 Å². The molecule has 0 aromatic rings. The van der Waals surface area contributed by atoms with Crippen LogP contribution < -0.4 is 0 Å². The molecule has 0 saturated carbocycles. The Bertz CT molecular complexity index is 250. The van der Waals surface area contributed by atoms with Crippen molar-refractivity contribution in [3.05, 3.63) is 4.91 Å². The molecule has 1 saturated heterocycles. The number of rotatable bonds is 6. The summed E-state index contributed by atoms with van der Waals surface area (Å²) in [7, 11) is 0. The van der Waals surface area contributed by atoms with Crippen molar-refractivity contribution in [1.29, 1.82) is 0 Å². The van der Waals surface area contributed by atoms with Crippen molar-refractivity contribution < 1.29 is 9.90 Å². The van der Waals surface area contributed by atoms with Crippen LogP contribution in [-0.4, -0.2) is 40.4 Å². The Labute approximate surface area is 93.3 Å². The van der Waals surface area contributed by atoms with Gasteiger partial charge in [0.2, 0.25) is 0 Å². The third kappa shape index (κ3) is 2.49. The predicted molar refractivity (Wildman–Crippen MR) is 59.7 cm³/mol. The Morgan fingerprint density at radius 1 is 1.67 bits per heavy atom. The monoisotopic (exact) mass is 232 g/mol. The van der Waals surface area contributed by atoms with Crippen LogP contribution in [0.1, 0.15) is 26.2 Å². The van der Waals surface area contributed by atoms with Crippen LogP contribution in [0, 0.1) is 4.91 Å². The molecule has 0 amide bonds. The lowest BCUT2D eigenvalue weighted by molar-refractivity contribution is -0.148. The lowest BCUT2D eigenvalue weighted by Crippen LogP contribution is -2.52. The second kappa shape index (κ2) is 5.46. The van der Waals surface area contributed by atoms with Crippen LogP contribution in [0.3, 0.4) is 0 Å². The molecule has 1 N–H and O–H groups in total. The van der Waals surface area contributed by atoms with Gasteiger partial charge in [0.05, 0.1) is 0 Å². The topological polar surface area (TPSA) is 70.0 Å². The number of nitrogens with zero attached hydrogens (tertiary/aromatic N) is 2. The van der Waals surface area contributed by atoms with E-state index in [1.165, 1.54) is 0 Å². The lowest BCUT2D eigenvalue weighted by Gasteiger charge is -2.33. The molecule has 0 aromatic heterocycles. The van der Waals surface area contributed by atoms with Crippen molar-refractivity contribution in [3.63, 3.8) is 0 Å². The summed E-state index contributed by atoms with van der Waals surface area (Å²) >= 11 is 0.809. The zero-order valence-electron chi connectivity index (χ0n) is 8.81. The molecule has 0 radical (unpaired) electrons. The van der Waals surface area contributed by atoms with Crippen molar-refractivity contribution in [1.82, 2.24) is 4.90 Å². The third-order valence-corrected chi connectivity index (χ3v) is 3.58. The van der Waals surface area contributed by atoms with Gasteiger partial charge in [0.1, 0.15) is 5.54 Å². The normalized spacial score (nSPS) is 26.7. The van der Waals surface area contributed by atoms with E-state index in [2.05, 4.69) is 4.58 Å². The summed E-state index contributed by atoms with van der Waals surface area (Å²) in [4.78, 5) is 23.4.